The summed E-state index contributed by atoms with van der Waals surface area (Å²) in [6.07, 6.45) is 7.05. The number of nitrogens with one attached hydrogen (secondary N) is 1. The minimum atomic E-state index is -0.518. The molecule has 2 N–H and O–H groups in total. The number of carbonyl (C=O) groups excluding carboxylic acids is 1. The number of aryl methyl sites for hydroxylation is 2. The first-order valence-corrected chi connectivity index (χ1v) is 10.8. The third kappa shape index (κ3) is 6.28. The van der Waals surface area contributed by atoms with Crippen LogP contribution in [0.1, 0.15) is 56.7 Å². The maximum atomic E-state index is 11.9. The van der Waals surface area contributed by atoms with E-state index in [9.17, 15) is 4.79 Å². The van der Waals surface area contributed by atoms with Crippen LogP contribution in [0.2, 0.25) is 0 Å². The Bertz CT molecular complexity index is 1040. The quantitative estimate of drug-likeness (QED) is 0.522. The van der Waals surface area contributed by atoms with E-state index in [0.717, 1.165) is 53.6 Å². The van der Waals surface area contributed by atoms with Gasteiger partial charge in [-0.2, -0.15) is 5.10 Å². The van der Waals surface area contributed by atoms with E-state index in [1.165, 1.54) is 5.56 Å². The van der Waals surface area contributed by atoms with E-state index >= 15 is 0 Å². The molecule has 3 rings (SSSR count). The van der Waals surface area contributed by atoms with Gasteiger partial charge in [0.15, 0.2) is 0 Å². The van der Waals surface area contributed by atoms with Crippen molar-refractivity contribution in [1.82, 2.24) is 19.9 Å². The van der Waals surface area contributed by atoms with Crippen molar-refractivity contribution in [3.8, 4) is 11.3 Å². The second-order valence-corrected chi connectivity index (χ2v) is 8.82. The van der Waals surface area contributed by atoms with Crippen LogP contribution in [0.4, 0.5) is 4.79 Å². The zero-order valence-corrected chi connectivity index (χ0v) is 18.8. The first-order valence-electron chi connectivity index (χ1n) is 10.8. The molecule has 0 saturated carbocycles. The maximum absolute atomic E-state index is 11.9. The summed E-state index contributed by atoms with van der Waals surface area (Å²) in [5, 5.41) is 16.1. The van der Waals surface area contributed by atoms with E-state index in [2.05, 4.69) is 27.5 Å². The standard InChI is InChI=1S/C24H32N4O3/c1-17-12-19(9-10-20(17)14-25-23(30)31-24(2,3)4)22-21-13-18(8-6-5-7-11-29)15-28(21)27-16-26-22/h9-10,12-13,15-16,29H,5-8,11,14H2,1-4H3,(H,25,30). The summed E-state index contributed by atoms with van der Waals surface area (Å²) < 4.78 is 7.17. The van der Waals surface area contributed by atoms with E-state index in [1.807, 2.05) is 50.5 Å². The van der Waals surface area contributed by atoms with Gasteiger partial charge in [0.1, 0.15) is 11.9 Å². The van der Waals surface area contributed by atoms with Crippen LogP contribution >= 0.6 is 0 Å². The Morgan fingerprint density at radius 2 is 2.00 bits per heavy atom. The lowest BCUT2D eigenvalue weighted by atomic mass is 10.0. The number of hydrogen-bond acceptors (Lipinski definition) is 5. The molecule has 0 fully saturated rings. The molecule has 31 heavy (non-hydrogen) atoms. The lowest BCUT2D eigenvalue weighted by molar-refractivity contribution is 0.0523. The molecule has 0 saturated heterocycles. The second-order valence-electron chi connectivity index (χ2n) is 8.82. The molecule has 1 aromatic carbocycles. The number of nitrogens with zero attached hydrogens (tertiary/aromatic N) is 3. The van der Waals surface area contributed by atoms with Gasteiger partial charge in [-0.1, -0.05) is 18.6 Å². The Labute approximate surface area is 183 Å². The topological polar surface area (TPSA) is 88.8 Å². The highest BCUT2D eigenvalue weighted by Gasteiger charge is 2.16. The molecule has 0 unspecified atom stereocenters. The zero-order chi connectivity index (χ0) is 22.4. The minimum absolute atomic E-state index is 0.246. The fraction of sp³-hybridized carbons (Fsp3) is 0.458. The molecule has 1 amide bonds. The average molecular weight is 425 g/mol. The molecule has 0 atom stereocenters. The molecule has 0 bridgehead atoms. The van der Waals surface area contributed by atoms with Gasteiger partial charge in [-0.3, -0.25) is 0 Å². The number of benzene rings is 1. The number of rotatable bonds is 8. The van der Waals surface area contributed by atoms with Crippen molar-refractivity contribution in [3.05, 3.63) is 53.5 Å². The van der Waals surface area contributed by atoms with Gasteiger partial charge in [0.25, 0.3) is 0 Å². The highest BCUT2D eigenvalue weighted by molar-refractivity contribution is 5.77. The van der Waals surface area contributed by atoms with Crippen molar-refractivity contribution in [3.63, 3.8) is 0 Å². The lowest BCUT2D eigenvalue weighted by Crippen LogP contribution is -2.32. The van der Waals surface area contributed by atoms with Crippen molar-refractivity contribution in [2.75, 3.05) is 6.61 Å². The van der Waals surface area contributed by atoms with Crippen molar-refractivity contribution in [1.29, 1.82) is 0 Å². The number of hydrogen-bond donors (Lipinski definition) is 2. The number of unbranched alkanes of at least 4 members (excludes halogenated alkanes) is 2. The summed E-state index contributed by atoms with van der Waals surface area (Å²) in [6, 6.07) is 8.26. The third-order valence-corrected chi connectivity index (χ3v) is 5.02. The Morgan fingerprint density at radius 1 is 1.19 bits per heavy atom. The van der Waals surface area contributed by atoms with E-state index in [4.69, 9.17) is 9.84 Å². The average Bonchev–Trinajstić information content (AvgIpc) is 3.12. The lowest BCUT2D eigenvalue weighted by Gasteiger charge is -2.20. The van der Waals surface area contributed by atoms with Crippen molar-refractivity contribution >= 4 is 11.6 Å². The Balaban J connectivity index is 1.74. The Kier molecular flexibility index (Phi) is 7.28. The molecular weight excluding hydrogens is 392 g/mol. The first-order chi connectivity index (χ1) is 14.8. The van der Waals surface area contributed by atoms with Gasteiger partial charge in [0.2, 0.25) is 0 Å². The molecule has 0 aliphatic rings. The fourth-order valence-corrected chi connectivity index (χ4v) is 3.48. The number of ether oxygens (including phenoxy) is 1. The molecule has 7 nitrogen and oxygen atoms in total. The number of carbonyl (C=O) groups is 1. The molecule has 0 spiro atoms. The number of aliphatic hydroxyl groups excluding tert-OH is 1. The monoisotopic (exact) mass is 424 g/mol. The predicted molar refractivity (Wildman–Crippen MR) is 121 cm³/mol. The van der Waals surface area contributed by atoms with Crippen LogP contribution in [-0.2, 0) is 17.7 Å². The van der Waals surface area contributed by atoms with Crippen LogP contribution in [0.25, 0.3) is 16.8 Å². The van der Waals surface area contributed by atoms with E-state index in [-0.39, 0.29) is 6.61 Å². The van der Waals surface area contributed by atoms with E-state index < -0.39 is 11.7 Å². The van der Waals surface area contributed by atoms with Crippen LogP contribution in [0.5, 0.6) is 0 Å². The van der Waals surface area contributed by atoms with Crippen LogP contribution in [0, 0.1) is 6.92 Å². The molecular formula is C24H32N4O3. The second kappa shape index (κ2) is 9.92. The minimum Gasteiger partial charge on any atom is -0.444 e. The van der Waals surface area contributed by atoms with E-state index in [0.29, 0.717) is 6.54 Å². The number of aromatic nitrogens is 3. The van der Waals surface area contributed by atoms with Gasteiger partial charge in [0, 0.05) is 24.9 Å². The molecule has 2 aromatic heterocycles. The zero-order valence-electron chi connectivity index (χ0n) is 18.8. The molecule has 0 aliphatic carbocycles. The first kappa shape index (κ1) is 22.7. The van der Waals surface area contributed by atoms with Crippen molar-refractivity contribution < 1.29 is 14.6 Å². The smallest absolute Gasteiger partial charge is 0.407 e. The highest BCUT2D eigenvalue weighted by Crippen LogP contribution is 2.26. The molecule has 3 aromatic rings. The summed E-state index contributed by atoms with van der Waals surface area (Å²) in [7, 11) is 0. The van der Waals surface area contributed by atoms with Gasteiger partial charge in [-0.05, 0) is 75.8 Å². The van der Waals surface area contributed by atoms with Crippen molar-refractivity contribution in [2.45, 2.75) is 65.5 Å². The van der Waals surface area contributed by atoms with Gasteiger partial charge in [-0.25, -0.2) is 14.3 Å². The van der Waals surface area contributed by atoms with Gasteiger partial charge in [-0.15, -0.1) is 0 Å². The number of amides is 1. The van der Waals surface area contributed by atoms with Gasteiger partial charge < -0.3 is 15.2 Å². The predicted octanol–water partition coefficient (Wildman–Crippen LogP) is 4.43. The van der Waals surface area contributed by atoms with Gasteiger partial charge >= 0.3 is 6.09 Å². The largest absolute Gasteiger partial charge is 0.444 e. The van der Waals surface area contributed by atoms with Crippen LogP contribution < -0.4 is 5.32 Å². The van der Waals surface area contributed by atoms with Gasteiger partial charge in [0.05, 0.1) is 11.2 Å². The Morgan fingerprint density at radius 3 is 2.71 bits per heavy atom. The fourth-order valence-electron chi connectivity index (χ4n) is 3.48. The third-order valence-electron chi connectivity index (χ3n) is 5.02. The summed E-state index contributed by atoms with van der Waals surface area (Å²) in [4.78, 5) is 16.5. The van der Waals surface area contributed by atoms with Crippen LogP contribution in [0.3, 0.4) is 0 Å². The molecule has 7 heteroatoms. The number of aliphatic hydroxyl groups is 1. The highest BCUT2D eigenvalue weighted by atomic mass is 16.6. The molecule has 0 aliphatic heterocycles. The summed E-state index contributed by atoms with van der Waals surface area (Å²) >= 11 is 0. The molecule has 166 valence electrons. The summed E-state index contributed by atoms with van der Waals surface area (Å²) in [6.45, 7) is 8.21. The maximum Gasteiger partial charge on any atom is 0.407 e. The normalized spacial score (nSPS) is 11.6. The van der Waals surface area contributed by atoms with Crippen LogP contribution in [0.15, 0.2) is 36.8 Å². The van der Waals surface area contributed by atoms with Crippen molar-refractivity contribution in [2.24, 2.45) is 0 Å². The summed E-state index contributed by atoms with van der Waals surface area (Å²) in [5.41, 5.74) is 5.66. The Hall–Kier alpha value is -2.93. The molecule has 0 radical (unpaired) electrons. The SMILES string of the molecule is Cc1cc(-c2ncnn3cc(CCCCCO)cc23)ccc1CNC(=O)OC(C)(C)C. The number of alkyl carbamates (subject to hydrolysis) is 1. The summed E-state index contributed by atoms with van der Waals surface area (Å²) in [5.74, 6) is 0. The van der Waals surface area contributed by atoms with Crippen LogP contribution in [-0.4, -0.2) is 38.0 Å². The van der Waals surface area contributed by atoms with E-state index in [1.54, 1.807) is 6.33 Å². The number of fused-ring (bicyclic) bond motifs is 1. The molecule has 2 heterocycles.